The van der Waals surface area contributed by atoms with Crippen molar-refractivity contribution in [2.45, 2.75) is 51.6 Å². The molecule has 2 unspecified atom stereocenters. The number of aliphatic hydroxyl groups is 1. The summed E-state index contributed by atoms with van der Waals surface area (Å²) in [6, 6.07) is 7.08. The zero-order valence-corrected chi connectivity index (χ0v) is 12.8. The molecular weight excluding hydrogens is 268 g/mol. The van der Waals surface area contributed by atoms with Crippen LogP contribution in [0.1, 0.15) is 38.7 Å². The Kier molecular flexibility index (Phi) is 7.61. The lowest BCUT2D eigenvalue weighted by Crippen LogP contribution is -2.44. The van der Waals surface area contributed by atoms with Gasteiger partial charge < -0.3 is 20.8 Å². The molecule has 4 N–H and O–H groups in total. The first kappa shape index (κ1) is 17.3. The van der Waals surface area contributed by atoms with E-state index in [-0.39, 0.29) is 30.5 Å². The first-order chi connectivity index (χ1) is 10.0. The molecule has 1 aromatic rings. The molecule has 1 aromatic carbocycles. The fourth-order valence-corrected chi connectivity index (χ4v) is 2.08. The number of urea groups is 1. The van der Waals surface area contributed by atoms with E-state index in [1.165, 1.54) is 0 Å². The molecule has 0 saturated heterocycles. The first-order valence-corrected chi connectivity index (χ1v) is 7.47. The van der Waals surface area contributed by atoms with E-state index < -0.39 is 0 Å². The Morgan fingerprint density at radius 2 is 1.67 bits per heavy atom. The van der Waals surface area contributed by atoms with Crippen LogP contribution >= 0.6 is 0 Å². The van der Waals surface area contributed by atoms with E-state index in [1.807, 2.05) is 26.0 Å². The number of aliphatic hydroxyl groups excluding tert-OH is 1. The number of carbonyl (C=O) groups excluding carboxylic acids is 1. The zero-order chi connectivity index (χ0) is 15.7. The highest BCUT2D eigenvalue weighted by Gasteiger charge is 2.10. The van der Waals surface area contributed by atoms with Crippen LogP contribution in [0.25, 0.3) is 0 Å². The van der Waals surface area contributed by atoms with Crippen LogP contribution in [0.5, 0.6) is 5.75 Å². The third-order valence-corrected chi connectivity index (χ3v) is 3.35. The summed E-state index contributed by atoms with van der Waals surface area (Å²) in [6.45, 7) is 4.05. The molecular formula is C16H26N2O3. The van der Waals surface area contributed by atoms with Crippen molar-refractivity contribution in [3.8, 4) is 5.75 Å². The Bertz CT molecular complexity index is 420. The average molecular weight is 294 g/mol. The topological polar surface area (TPSA) is 81.6 Å². The average Bonchev–Trinajstić information content (AvgIpc) is 2.44. The molecule has 118 valence electrons. The number of nitrogens with one attached hydrogen (secondary N) is 2. The number of phenolic OH excluding ortho intramolecular Hbond substituents is 1. The number of aromatic hydroxyl groups is 1. The van der Waals surface area contributed by atoms with Gasteiger partial charge in [-0.3, -0.25) is 0 Å². The van der Waals surface area contributed by atoms with Gasteiger partial charge in [0.2, 0.25) is 0 Å². The fraction of sp³-hybridized carbons (Fsp3) is 0.562. The fourth-order valence-electron chi connectivity index (χ4n) is 2.08. The van der Waals surface area contributed by atoms with Gasteiger partial charge in [0.25, 0.3) is 0 Å². The quantitative estimate of drug-likeness (QED) is 0.593. The molecule has 0 heterocycles. The Labute approximate surface area is 126 Å². The third-order valence-electron chi connectivity index (χ3n) is 3.35. The van der Waals surface area contributed by atoms with Gasteiger partial charge in [-0.1, -0.05) is 12.1 Å². The molecule has 0 fully saturated rings. The largest absolute Gasteiger partial charge is 0.508 e. The number of rotatable bonds is 8. The van der Waals surface area contributed by atoms with Gasteiger partial charge in [0.1, 0.15) is 5.75 Å². The Morgan fingerprint density at radius 1 is 1.10 bits per heavy atom. The van der Waals surface area contributed by atoms with E-state index in [2.05, 4.69) is 10.6 Å². The lowest BCUT2D eigenvalue weighted by Gasteiger charge is -2.18. The maximum absolute atomic E-state index is 11.8. The van der Waals surface area contributed by atoms with Gasteiger partial charge in [-0.2, -0.15) is 0 Å². The SMILES string of the molecule is CC(CCCO)NC(=O)NC(C)CCc1ccc(O)cc1. The minimum absolute atomic E-state index is 0.0569. The van der Waals surface area contributed by atoms with E-state index in [1.54, 1.807) is 12.1 Å². The molecule has 5 heteroatoms. The van der Waals surface area contributed by atoms with Gasteiger partial charge in [-0.25, -0.2) is 4.79 Å². The second-order valence-corrected chi connectivity index (χ2v) is 5.49. The summed E-state index contributed by atoms with van der Waals surface area (Å²) in [5, 5.41) is 23.7. The summed E-state index contributed by atoms with van der Waals surface area (Å²) in [4.78, 5) is 11.8. The van der Waals surface area contributed by atoms with E-state index in [0.29, 0.717) is 6.42 Å². The van der Waals surface area contributed by atoms with Crippen LogP contribution in [-0.4, -0.2) is 34.9 Å². The molecule has 0 radical (unpaired) electrons. The van der Waals surface area contributed by atoms with Crippen LogP contribution in [0.3, 0.4) is 0 Å². The highest BCUT2D eigenvalue weighted by molar-refractivity contribution is 5.74. The molecule has 0 saturated carbocycles. The molecule has 0 aliphatic carbocycles. The summed E-state index contributed by atoms with van der Waals surface area (Å²) in [7, 11) is 0. The van der Waals surface area contributed by atoms with Crippen LogP contribution in [0.4, 0.5) is 4.79 Å². The molecule has 2 amide bonds. The van der Waals surface area contributed by atoms with Crippen molar-refractivity contribution in [2.75, 3.05) is 6.61 Å². The van der Waals surface area contributed by atoms with Gasteiger partial charge >= 0.3 is 6.03 Å². The molecule has 0 spiro atoms. The van der Waals surface area contributed by atoms with Gasteiger partial charge in [0.15, 0.2) is 0 Å². The highest BCUT2D eigenvalue weighted by atomic mass is 16.3. The normalized spacial score (nSPS) is 13.5. The molecule has 0 aliphatic heterocycles. The van der Waals surface area contributed by atoms with Crippen molar-refractivity contribution in [3.63, 3.8) is 0 Å². The molecule has 0 aliphatic rings. The first-order valence-electron chi connectivity index (χ1n) is 7.47. The van der Waals surface area contributed by atoms with Crippen LogP contribution in [0.15, 0.2) is 24.3 Å². The summed E-state index contributed by atoms with van der Waals surface area (Å²) >= 11 is 0. The Morgan fingerprint density at radius 3 is 2.24 bits per heavy atom. The summed E-state index contributed by atoms with van der Waals surface area (Å²) in [5.41, 5.74) is 1.14. The second-order valence-electron chi connectivity index (χ2n) is 5.49. The standard InChI is InChI=1S/C16H26N2O3/c1-12(4-3-11-19)17-16(21)18-13(2)5-6-14-7-9-15(20)10-8-14/h7-10,12-13,19-20H,3-6,11H2,1-2H3,(H2,17,18,21). The summed E-state index contributed by atoms with van der Waals surface area (Å²) in [5.74, 6) is 0.265. The molecule has 0 aromatic heterocycles. The van der Waals surface area contributed by atoms with E-state index in [4.69, 9.17) is 5.11 Å². The minimum Gasteiger partial charge on any atom is -0.508 e. The lowest BCUT2D eigenvalue weighted by atomic mass is 10.1. The van der Waals surface area contributed by atoms with Crippen molar-refractivity contribution < 1.29 is 15.0 Å². The van der Waals surface area contributed by atoms with Crippen LogP contribution in [0.2, 0.25) is 0 Å². The van der Waals surface area contributed by atoms with Gasteiger partial charge in [0.05, 0.1) is 0 Å². The number of amides is 2. The van der Waals surface area contributed by atoms with Crippen molar-refractivity contribution in [1.29, 1.82) is 0 Å². The number of carbonyl (C=O) groups is 1. The smallest absolute Gasteiger partial charge is 0.315 e. The predicted molar refractivity (Wildman–Crippen MR) is 83.3 cm³/mol. The van der Waals surface area contributed by atoms with E-state index >= 15 is 0 Å². The Hall–Kier alpha value is -1.75. The zero-order valence-electron chi connectivity index (χ0n) is 12.8. The van der Waals surface area contributed by atoms with Crippen molar-refractivity contribution in [3.05, 3.63) is 29.8 Å². The number of aryl methyl sites for hydroxylation is 1. The molecule has 21 heavy (non-hydrogen) atoms. The maximum atomic E-state index is 11.8. The third kappa shape index (κ3) is 7.56. The molecule has 0 bridgehead atoms. The van der Waals surface area contributed by atoms with E-state index in [9.17, 15) is 9.90 Å². The number of benzene rings is 1. The van der Waals surface area contributed by atoms with Gasteiger partial charge in [-0.15, -0.1) is 0 Å². The van der Waals surface area contributed by atoms with Crippen molar-refractivity contribution >= 4 is 6.03 Å². The minimum atomic E-state index is -0.168. The van der Waals surface area contributed by atoms with Crippen LogP contribution < -0.4 is 10.6 Å². The summed E-state index contributed by atoms with van der Waals surface area (Å²) < 4.78 is 0. The number of phenols is 1. The van der Waals surface area contributed by atoms with Crippen molar-refractivity contribution in [2.24, 2.45) is 0 Å². The van der Waals surface area contributed by atoms with Gasteiger partial charge in [-0.05, 0) is 57.2 Å². The maximum Gasteiger partial charge on any atom is 0.315 e. The number of hydrogen-bond donors (Lipinski definition) is 4. The van der Waals surface area contributed by atoms with Crippen LogP contribution in [-0.2, 0) is 6.42 Å². The van der Waals surface area contributed by atoms with Crippen LogP contribution in [0, 0.1) is 0 Å². The van der Waals surface area contributed by atoms with Crippen molar-refractivity contribution in [1.82, 2.24) is 10.6 Å². The lowest BCUT2D eigenvalue weighted by molar-refractivity contribution is 0.231. The monoisotopic (exact) mass is 294 g/mol. The Balaban J connectivity index is 2.24. The molecule has 2 atom stereocenters. The highest BCUT2D eigenvalue weighted by Crippen LogP contribution is 2.11. The molecule has 1 rings (SSSR count). The number of hydrogen-bond acceptors (Lipinski definition) is 3. The predicted octanol–water partition coefficient (Wildman–Crippen LogP) is 2.17. The van der Waals surface area contributed by atoms with Gasteiger partial charge in [0, 0.05) is 18.7 Å². The summed E-state index contributed by atoms with van der Waals surface area (Å²) in [6.07, 6.45) is 3.15. The van der Waals surface area contributed by atoms with E-state index in [0.717, 1.165) is 24.8 Å². The molecule has 5 nitrogen and oxygen atoms in total. The second kappa shape index (κ2) is 9.23.